The minimum Gasteiger partial charge on any atom is -0.371 e. The van der Waals surface area contributed by atoms with E-state index in [1.54, 1.807) is 0 Å². The number of nitrogens with one attached hydrogen (secondary N) is 1. The van der Waals surface area contributed by atoms with Gasteiger partial charge in [-0.1, -0.05) is 25.5 Å². The van der Waals surface area contributed by atoms with Crippen molar-refractivity contribution in [1.29, 1.82) is 5.26 Å². The maximum atomic E-state index is 9.42. The summed E-state index contributed by atoms with van der Waals surface area (Å²) in [6.45, 7) is 5.06. The van der Waals surface area contributed by atoms with Gasteiger partial charge < -0.3 is 5.32 Å². The molecular formula is C17H18N4. The maximum absolute atomic E-state index is 9.42. The zero-order valence-electron chi connectivity index (χ0n) is 12.3. The minimum atomic E-state index is 0.646. The summed E-state index contributed by atoms with van der Waals surface area (Å²) in [5, 5.41) is 12.9. The third-order valence-corrected chi connectivity index (χ3v) is 3.72. The Morgan fingerprint density at radius 3 is 2.90 bits per heavy atom. The predicted octanol–water partition coefficient (Wildman–Crippen LogP) is 3.88. The molecule has 2 aromatic heterocycles. The summed E-state index contributed by atoms with van der Waals surface area (Å²) >= 11 is 0. The van der Waals surface area contributed by atoms with Crippen LogP contribution in [0.2, 0.25) is 0 Å². The molecule has 1 N–H and O–H groups in total. The number of benzene rings is 1. The first-order chi connectivity index (χ1) is 10.3. The Kier molecular flexibility index (Phi) is 3.49. The number of hydrogen-bond acceptors (Lipinski definition) is 3. The van der Waals surface area contributed by atoms with Crippen molar-refractivity contribution in [2.75, 3.05) is 11.9 Å². The number of aryl methyl sites for hydroxylation is 1. The van der Waals surface area contributed by atoms with Gasteiger partial charge in [0, 0.05) is 6.54 Å². The number of aromatic nitrogens is 2. The molecule has 2 heterocycles. The maximum Gasteiger partial charge on any atom is 0.157 e. The Morgan fingerprint density at radius 2 is 2.14 bits per heavy atom. The Bertz CT molecular complexity index is 839. The van der Waals surface area contributed by atoms with E-state index < -0.39 is 0 Å². The normalized spacial score (nSPS) is 10.9. The fourth-order valence-electron chi connectivity index (χ4n) is 2.62. The molecule has 0 aliphatic heterocycles. The highest BCUT2D eigenvalue weighted by molar-refractivity contribution is 5.85. The molecule has 21 heavy (non-hydrogen) atoms. The number of rotatable bonds is 4. The average Bonchev–Trinajstić information content (AvgIpc) is 2.86. The molecule has 0 saturated heterocycles. The summed E-state index contributed by atoms with van der Waals surface area (Å²) in [5.41, 5.74) is 4.28. The predicted molar refractivity (Wildman–Crippen MR) is 85.5 cm³/mol. The van der Waals surface area contributed by atoms with Gasteiger partial charge >= 0.3 is 0 Å². The fourth-order valence-corrected chi connectivity index (χ4v) is 2.62. The lowest BCUT2D eigenvalue weighted by Crippen LogP contribution is -2.07. The van der Waals surface area contributed by atoms with Crippen LogP contribution in [0.3, 0.4) is 0 Å². The van der Waals surface area contributed by atoms with Gasteiger partial charge in [-0.15, -0.1) is 0 Å². The number of unbranched alkanes of at least 4 members (excludes halogenated alkanes) is 1. The summed E-state index contributed by atoms with van der Waals surface area (Å²) in [6, 6.07) is 12.3. The molecule has 106 valence electrons. The summed E-state index contributed by atoms with van der Waals surface area (Å²) in [6.07, 6.45) is 2.27. The highest BCUT2D eigenvalue weighted by Crippen LogP contribution is 2.26. The molecule has 4 heteroatoms. The summed E-state index contributed by atoms with van der Waals surface area (Å²) in [4.78, 5) is 4.64. The van der Waals surface area contributed by atoms with Crippen molar-refractivity contribution in [2.45, 2.75) is 26.7 Å². The van der Waals surface area contributed by atoms with Crippen LogP contribution < -0.4 is 5.32 Å². The number of para-hydroxylation sites is 2. The molecule has 4 nitrogen and oxygen atoms in total. The van der Waals surface area contributed by atoms with Crippen LogP contribution in [0.1, 0.15) is 30.9 Å². The molecule has 0 atom stereocenters. The first kappa shape index (κ1) is 13.4. The van der Waals surface area contributed by atoms with Crippen LogP contribution in [-0.2, 0) is 0 Å². The second-order valence-electron chi connectivity index (χ2n) is 5.24. The Balaban J connectivity index is 2.29. The van der Waals surface area contributed by atoms with Crippen molar-refractivity contribution in [3.8, 4) is 6.07 Å². The van der Waals surface area contributed by atoms with Crippen molar-refractivity contribution < 1.29 is 0 Å². The van der Waals surface area contributed by atoms with E-state index in [1.807, 2.05) is 37.3 Å². The van der Waals surface area contributed by atoms with Crippen LogP contribution in [0.4, 0.5) is 5.82 Å². The molecule has 3 rings (SSSR count). The molecule has 3 aromatic rings. The molecule has 0 aliphatic rings. The van der Waals surface area contributed by atoms with Gasteiger partial charge in [-0.25, -0.2) is 4.98 Å². The second kappa shape index (κ2) is 5.45. The van der Waals surface area contributed by atoms with Crippen LogP contribution in [0, 0.1) is 18.3 Å². The zero-order valence-corrected chi connectivity index (χ0v) is 12.3. The Morgan fingerprint density at radius 1 is 1.33 bits per heavy atom. The smallest absolute Gasteiger partial charge is 0.157 e. The first-order valence-electron chi connectivity index (χ1n) is 7.31. The molecule has 0 aliphatic carbocycles. The number of nitrogens with zero attached hydrogens (tertiary/aromatic N) is 3. The molecular weight excluding hydrogens is 260 g/mol. The van der Waals surface area contributed by atoms with Gasteiger partial charge in [0.25, 0.3) is 0 Å². The van der Waals surface area contributed by atoms with E-state index in [4.69, 9.17) is 0 Å². The number of fused-ring (bicyclic) bond motifs is 3. The van der Waals surface area contributed by atoms with E-state index in [-0.39, 0.29) is 0 Å². The lowest BCUT2D eigenvalue weighted by atomic mass is 10.1. The van der Waals surface area contributed by atoms with E-state index in [0.29, 0.717) is 5.56 Å². The largest absolute Gasteiger partial charge is 0.371 e. The van der Waals surface area contributed by atoms with Gasteiger partial charge in [-0.3, -0.25) is 4.40 Å². The number of hydrogen-bond donors (Lipinski definition) is 1. The number of anilines is 1. The van der Waals surface area contributed by atoms with Crippen LogP contribution in [0.5, 0.6) is 0 Å². The van der Waals surface area contributed by atoms with E-state index in [9.17, 15) is 5.26 Å². The third-order valence-electron chi connectivity index (χ3n) is 3.72. The average molecular weight is 278 g/mol. The minimum absolute atomic E-state index is 0.646. The molecule has 0 radical (unpaired) electrons. The Labute approximate surface area is 124 Å². The second-order valence-corrected chi connectivity index (χ2v) is 5.24. The molecule has 0 saturated carbocycles. The molecule has 0 spiro atoms. The van der Waals surface area contributed by atoms with Crippen molar-refractivity contribution >= 4 is 22.5 Å². The number of imidazole rings is 1. The van der Waals surface area contributed by atoms with Gasteiger partial charge in [0.1, 0.15) is 11.9 Å². The fraction of sp³-hybridized carbons (Fsp3) is 0.294. The lowest BCUT2D eigenvalue weighted by Gasteiger charge is -2.12. The van der Waals surface area contributed by atoms with Gasteiger partial charge in [0.15, 0.2) is 5.65 Å². The summed E-state index contributed by atoms with van der Waals surface area (Å²) < 4.78 is 2.05. The molecule has 0 amide bonds. The summed E-state index contributed by atoms with van der Waals surface area (Å²) in [7, 11) is 0. The lowest BCUT2D eigenvalue weighted by molar-refractivity contribution is 0.829. The van der Waals surface area contributed by atoms with Gasteiger partial charge in [0.05, 0.1) is 16.6 Å². The molecule has 0 bridgehead atoms. The summed E-state index contributed by atoms with van der Waals surface area (Å²) in [5.74, 6) is 1.00. The van der Waals surface area contributed by atoms with Crippen molar-refractivity contribution in [3.63, 3.8) is 0 Å². The molecule has 0 unspecified atom stereocenters. The molecule has 0 fully saturated rings. The van der Waals surface area contributed by atoms with Crippen molar-refractivity contribution in [3.05, 3.63) is 41.5 Å². The van der Waals surface area contributed by atoms with Crippen LogP contribution >= 0.6 is 0 Å². The van der Waals surface area contributed by atoms with E-state index in [2.05, 4.69) is 27.7 Å². The van der Waals surface area contributed by atoms with Gasteiger partial charge in [-0.2, -0.15) is 5.26 Å². The SMILES string of the molecule is CCCCNc1cc(C)c(C#N)c2nc3ccccc3n12. The Hall–Kier alpha value is -2.54. The number of nitriles is 1. The van der Waals surface area contributed by atoms with Crippen LogP contribution in [0.15, 0.2) is 30.3 Å². The van der Waals surface area contributed by atoms with E-state index >= 15 is 0 Å². The van der Waals surface area contributed by atoms with Crippen LogP contribution in [0.25, 0.3) is 16.7 Å². The number of pyridine rings is 1. The van der Waals surface area contributed by atoms with Gasteiger partial charge in [0.2, 0.25) is 0 Å². The monoisotopic (exact) mass is 278 g/mol. The topological polar surface area (TPSA) is 53.1 Å². The van der Waals surface area contributed by atoms with Crippen molar-refractivity contribution in [2.24, 2.45) is 0 Å². The quantitative estimate of drug-likeness (QED) is 0.737. The molecule has 1 aromatic carbocycles. The third kappa shape index (κ3) is 2.21. The van der Waals surface area contributed by atoms with Gasteiger partial charge in [-0.05, 0) is 37.1 Å². The van der Waals surface area contributed by atoms with Crippen molar-refractivity contribution in [1.82, 2.24) is 9.38 Å². The van der Waals surface area contributed by atoms with E-state index in [1.165, 1.54) is 0 Å². The highest BCUT2D eigenvalue weighted by Gasteiger charge is 2.14. The standard InChI is InChI=1S/C17H18N4/c1-3-4-9-19-16-10-12(2)13(11-18)17-20-14-7-5-6-8-15(14)21(16)17/h5-8,10,19H,3-4,9H2,1-2H3. The first-order valence-corrected chi connectivity index (χ1v) is 7.31. The highest BCUT2D eigenvalue weighted by atomic mass is 15.1. The van der Waals surface area contributed by atoms with E-state index in [0.717, 1.165) is 47.4 Å². The zero-order chi connectivity index (χ0) is 14.8. The van der Waals surface area contributed by atoms with Crippen LogP contribution in [-0.4, -0.2) is 15.9 Å².